The zero-order valence-electron chi connectivity index (χ0n) is 13.7. The fourth-order valence-electron chi connectivity index (χ4n) is 2.70. The molecule has 3 rings (SSSR count). The van der Waals surface area contributed by atoms with E-state index >= 15 is 0 Å². The Morgan fingerprint density at radius 3 is 2.58 bits per heavy atom. The Bertz CT molecular complexity index is 972. The number of carbonyl (C=O) groups excluding carboxylic acids is 1. The lowest BCUT2D eigenvalue weighted by Gasteiger charge is -2.11. The molecule has 1 aromatic heterocycles. The van der Waals surface area contributed by atoms with Crippen LogP contribution in [0.15, 0.2) is 53.5 Å². The third-order valence-electron chi connectivity index (χ3n) is 4.07. The molecule has 0 unspecified atom stereocenters. The van der Waals surface area contributed by atoms with Crippen LogP contribution in [0.1, 0.15) is 21.5 Å². The minimum Gasteiger partial charge on any atom is -0.398 e. The first-order valence-electron chi connectivity index (χ1n) is 7.69. The summed E-state index contributed by atoms with van der Waals surface area (Å²) < 4.78 is 1.74. The van der Waals surface area contributed by atoms with Crippen LogP contribution < -0.4 is 16.5 Å². The van der Waals surface area contributed by atoms with Crippen LogP contribution in [0.3, 0.4) is 0 Å². The van der Waals surface area contributed by atoms with E-state index in [1.165, 1.54) is 0 Å². The number of rotatable bonds is 3. The number of amides is 1. The third kappa shape index (κ3) is 2.88. The van der Waals surface area contributed by atoms with Gasteiger partial charge in [-0.25, -0.2) is 0 Å². The maximum Gasteiger partial charge on any atom is 0.257 e. The van der Waals surface area contributed by atoms with Crippen LogP contribution in [0, 0.1) is 6.92 Å². The van der Waals surface area contributed by atoms with Crippen molar-refractivity contribution in [3.63, 3.8) is 0 Å². The second-order valence-corrected chi connectivity index (χ2v) is 5.89. The van der Waals surface area contributed by atoms with E-state index in [-0.39, 0.29) is 11.0 Å². The van der Waals surface area contributed by atoms with Gasteiger partial charge in [0.15, 0.2) is 0 Å². The van der Waals surface area contributed by atoms with Gasteiger partial charge in [-0.1, -0.05) is 35.9 Å². The molecule has 3 aromatic rings. The quantitative estimate of drug-likeness (QED) is 0.727. The molecule has 122 valence electrons. The van der Waals surface area contributed by atoms with Crippen molar-refractivity contribution in [2.24, 2.45) is 7.05 Å². The monoisotopic (exact) mass is 321 g/mol. The summed E-state index contributed by atoms with van der Waals surface area (Å²) in [5.41, 5.74) is 8.89. The van der Waals surface area contributed by atoms with Crippen molar-refractivity contribution >= 4 is 22.5 Å². The molecule has 5 heteroatoms. The Labute approximate surface area is 139 Å². The summed E-state index contributed by atoms with van der Waals surface area (Å²) in [6, 6.07) is 13.1. The number of aromatic nitrogens is 1. The first kappa shape index (κ1) is 15.8. The molecular weight excluding hydrogens is 302 g/mol. The molecule has 0 aliphatic carbocycles. The number of hydrogen-bond acceptors (Lipinski definition) is 3. The van der Waals surface area contributed by atoms with Gasteiger partial charge < -0.3 is 15.6 Å². The van der Waals surface area contributed by atoms with Gasteiger partial charge in [-0.15, -0.1) is 0 Å². The molecular formula is C19H19N3O2. The zero-order chi connectivity index (χ0) is 17.3. The Morgan fingerprint density at radius 1 is 1.17 bits per heavy atom. The van der Waals surface area contributed by atoms with Gasteiger partial charge in [-0.2, -0.15) is 0 Å². The summed E-state index contributed by atoms with van der Waals surface area (Å²) in [6.07, 6.45) is 1.55. The molecule has 2 aromatic carbocycles. The van der Waals surface area contributed by atoms with E-state index in [0.29, 0.717) is 23.1 Å². The van der Waals surface area contributed by atoms with Crippen LogP contribution in [0.2, 0.25) is 0 Å². The number of aryl methyl sites for hydroxylation is 2. The molecule has 5 nitrogen and oxygen atoms in total. The number of benzene rings is 2. The SMILES string of the molecule is Cc1ccc(CNC(=O)c2cn(C)c3cccc(N)c3c2=O)cc1. The van der Waals surface area contributed by atoms with Gasteiger partial charge in [-0.05, 0) is 24.6 Å². The third-order valence-corrected chi connectivity index (χ3v) is 4.07. The molecule has 0 saturated heterocycles. The van der Waals surface area contributed by atoms with Gasteiger partial charge in [0.2, 0.25) is 5.43 Å². The molecule has 3 N–H and O–H groups in total. The molecule has 24 heavy (non-hydrogen) atoms. The molecule has 0 aliphatic rings. The van der Waals surface area contributed by atoms with E-state index in [9.17, 15) is 9.59 Å². The van der Waals surface area contributed by atoms with Crippen molar-refractivity contribution in [3.8, 4) is 0 Å². The molecule has 0 fully saturated rings. The van der Waals surface area contributed by atoms with E-state index < -0.39 is 5.91 Å². The van der Waals surface area contributed by atoms with E-state index in [0.717, 1.165) is 11.1 Å². The lowest BCUT2D eigenvalue weighted by Crippen LogP contribution is -2.29. The smallest absolute Gasteiger partial charge is 0.257 e. The van der Waals surface area contributed by atoms with Gasteiger partial charge in [0.1, 0.15) is 5.56 Å². The number of pyridine rings is 1. The van der Waals surface area contributed by atoms with Gasteiger partial charge >= 0.3 is 0 Å². The maximum absolute atomic E-state index is 12.6. The Balaban J connectivity index is 1.93. The number of carbonyl (C=O) groups is 1. The van der Waals surface area contributed by atoms with Crippen LogP contribution in [0.4, 0.5) is 5.69 Å². The molecule has 0 radical (unpaired) electrons. The largest absolute Gasteiger partial charge is 0.398 e. The lowest BCUT2D eigenvalue weighted by atomic mass is 10.1. The minimum absolute atomic E-state index is 0.0926. The number of nitrogen functional groups attached to an aromatic ring is 1. The summed E-state index contributed by atoms with van der Waals surface area (Å²) in [5, 5.41) is 3.17. The number of nitrogens with one attached hydrogen (secondary N) is 1. The lowest BCUT2D eigenvalue weighted by molar-refractivity contribution is 0.0949. The van der Waals surface area contributed by atoms with E-state index in [1.54, 1.807) is 36.0 Å². The number of nitrogens with zero attached hydrogens (tertiary/aromatic N) is 1. The summed E-state index contributed by atoms with van der Waals surface area (Å²) >= 11 is 0. The molecule has 0 spiro atoms. The van der Waals surface area contributed by atoms with Crippen molar-refractivity contribution in [1.29, 1.82) is 0 Å². The average Bonchev–Trinajstić information content (AvgIpc) is 2.57. The number of fused-ring (bicyclic) bond motifs is 1. The predicted molar refractivity (Wildman–Crippen MR) is 96.0 cm³/mol. The van der Waals surface area contributed by atoms with E-state index in [4.69, 9.17) is 5.73 Å². The van der Waals surface area contributed by atoms with E-state index in [2.05, 4.69) is 5.32 Å². The average molecular weight is 321 g/mol. The molecule has 0 atom stereocenters. The summed E-state index contributed by atoms with van der Waals surface area (Å²) in [5.74, 6) is -0.402. The van der Waals surface area contributed by atoms with E-state index in [1.807, 2.05) is 31.2 Å². The zero-order valence-corrected chi connectivity index (χ0v) is 13.7. The van der Waals surface area contributed by atoms with Crippen LogP contribution >= 0.6 is 0 Å². The number of hydrogen-bond donors (Lipinski definition) is 2. The Kier molecular flexibility index (Phi) is 4.08. The molecule has 0 aliphatic heterocycles. The highest BCUT2D eigenvalue weighted by Crippen LogP contribution is 2.17. The van der Waals surface area contributed by atoms with Crippen LogP contribution in [0.25, 0.3) is 10.9 Å². The molecule has 0 bridgehead atoms. The fraction of sp³-hybridized carbons (Fsp3) is 0.158. The van der Waals surface area contributed by atoms with Gasteiger partial charge in [-0.3, -0.25) is 9.59 Å². The highest BCUT2D eigenvalue weighted by Gasteiger charge is 2.15. The van der Waals surface area contributed by atoms with Gasteiger partial charge in [0.25, 0.3) is 5.91 Å². The topological polar surface area (TPSA) is 77.1 Å². The highest BCUT2D eigenvalue weighted by molar-refractivity contribution is 6.00. The second kappa shape index (κ2) is 6.20. The van der Waals surface area contributed by atoms with Crippen molar-refractivity contribution in [3.05, 3.63) is 75.6 Å². The summed E-state index contributed by atoms with van der Waals surface area (Å²) in [4.78, 5) is 25.1. The van der Waals surface area contributed by atoms with Crippen LogP contribution in [0.5, 0.6) is 0 Å². The summed E-state index contributed by atoms with van der Waals surface area (Å²) in [6.45, 7) is 2.37. The number of nitrogens with two attached hydrogens (primary N) is 1. The molecule has 1 heterocycles. The normalized spacial score (nSPS) is 10.8. The maximum atomic E-state index is 12.6. The Morgan fingerprint density at radius 2 is 1.88 bits per heavy atom. The highest BCUT2D eigenvalue weighted by atomic mass is 16.2. The molecule has 0 saturated carbocycles. The summed E-state index contributed by atoms with van der Waals surface area (Å²) in [7, 11) is 1.79. The van der Waals surface area contributed by atoms with Crippen LogP contribution in [-0.4, -0.2) is 10.5 Å². The van der Waals surface area contributed by atoms with Crippen LogP contribution in [-0.2, 0) is 13.6 Å². The first-order valence-corrected chi connectivity index (χ1v) is 7.69. The van der Waals surface area contributed by atoms with Crippen molar-refractivity contribution in [2.75, 3.05) is 5.73 Å². The molecule has 1 amide bonds. The van der Waals surface area contributed by atoms with Crippen molar-refractivity contribution in [2.45, 2.75) is 13.5 Å². The minimum atomic E-state index is -0.402. The Hall–Kier alpha value is -3.08. The van der Waals surface area contributed by atoms with Gasteiger partial charge in [0, 0.05) is 25.5 Å². The fourth-order valence-corrected chi connectivity index (χ4v) is 2.70. The first-order chi connectivity index (χ1) is 11.5. The number of anilines is 1. The van der Waals surface area contributed by atoms with Gasteiger partial charge in [0.05, 0.1) is 10.9 Å². The van der Waals surface area contributed by atoms with Crippen molar-refractivity contribution in [1.82, 2.24) is 9.88 Å². The van der Waals surface area contributed by atoms with Crippen molar-refractivity contribution < 1.29 is 4.79 Å². The second-order valence-electron chi connectivity index (χ2n) is 5.89. The standard InChI is InChI=1S/C19H19N3O2/c1-12-6-8-13(9-7-12)10-21-19(24)14-11-22(2)16-5-3-4-15(20)17(16)18(14)23/h3-9,11H,10,20H2,1-2H3,(H,21,24). The predicted octanol–water partition coefficient (Wildman–Crippen LogP) is 2.36.